The average Bonchev–Trinajstić information content (AvgIpc) is 2.52. The summed E-state index contributed by atoms with van der Waals surface area (Å²) in [6, 6.07) is 6.15. The molecule has 0 amide bonds. The number of hydrogen-bond acceptors (Lipinski definition) is 1. The van der Waals surface area contributed by atoms with E-state index >= 15 is 0 Å². The lowest BCUT2D eigenvalue weighted by molar-refractivity contribution is 0.454. The van der Waals surface area contributed by atoms with E-state index in [-0.39, 0.29) is 16.4 Å². The van der Waals surface area contributed by atoms with Gasteiger partial charge in [-0.1, -0.05) is 59.7 Å². The zero-order valence-corrected chi connectivity index (χ0v) is 15.7. The molecule has 2 aromatic rings. The first-order chi connectivity index (χ1) is 11.8. The maximum absolute atomic E-state index is 14.5. The number of benzene rings is 2. The van der Waals surface area contributed by atoms with Crippen molar-refractivity contribution in [2.75, 3.05) is 0 Å². The summed E-state index contributed by atoms with van der Waals surface area (Å²) in [6.45, 7) is 11.6. The molecule has 0 aliphatic heterocycles. The Labute approximate surface area is 151 Å². The van der Waals surface area contributed by atoms with Gasteiger partial charge in [0.05, 0.1) is 5.56 Å². The molecule has 2 aromatic carbocycles. The highest BCUT2D eigenvalue weighted by Crippen LogP contribution is 2.37. The molecule has 1 nitrogen and oxygen atoms in total. The van der Waals surface area contributed by atoms with Crippen LogP contribution in [0.2, 0.25) is 0 Å². The Hall–Kier alpha value is -2.35. The van der Waals surface area contributed by atoms with E-state index in [1.807, 2.05) is 47.6 Å². The summed E-state index contributed by atoms with van der Waals surface area (Å²) in [5.74, 6) is -6.49. The van der Waals surface area contributed by atoms with Gasteiger partial charge in [0.1, 0.15) is 11.6 Å². The minimum atomic E-state index is -1.68. The van der Waals surface area contributed by atoms with Crippen LogP contribution in [0.25, 0.3) is 11.1 Å². The van der Waals surface area contributed by atoms with Crippen LogP contribution in [0.4, 0.5) is 17.6 Å². The lowest BCUT2D eigenvalue weighted by Gasteiger charge is -2.26. The van der Waals surface area contributed by atoms with Gasteiger partial charge >= 0.3 is 0 Å². The molecule has 0 aromatic heterocycles. The highest BCUT2D eigenvalue weighted by atomic mass is 19.2. The predicted molar refractivity (Wildman–Crippen MR) is 93.8 cm³/mol. The van der Waals surface area contributed by atoms with Gasteiger partial charge in [0.2, 0.25) is 0 Å². The zero-order chi connectivity index (χ0) is 20.0. The minimum Gasteiger partial charge on any atom is -0.203 e. The van der Waals surface area contributed by atoms with Crippen LogP contribution in [-0.2, 0) is 10.8 Å². The van der Waals surface area contributed by atoms with Crippen LogP contribution in [-0.4, -0.2) is 0 Å². The summed E-state index contributed by atoms with van der Waals surface area (Å²) >= 11 is 0. The van der Waals surface area contributed by atoms with E-state index < -0.39 is 34.4 Å². The third-order valence-corrected chi connectivity index (χ3v) is 4.33. The Morgan fingerprint density at radius 1 is 0.692 bits per heavy atom. The Bertz CT molecular complexity index is 848. The molecule has 0 aliphatic rings. The van der Waals surface area contributed by atoms with Crippen LogP contribution in [0.15, 0.2) is 18.2 Å². The van der Waals surface area contributed by atoms with Crippen molar-refractivity contribution in [1.82, 2.24) is 0 Å². The van der Waals surface area contributed by atoms with E-state index in [4.69, 9.17) is 5.26 Å². The SMILES string of the molecule is CC(C)(C)c1cc(-c2c(F)c(F)c(C#N)c(F)c2F)cc(C(C)(C)C)c1. The van der Waals surface area contributed by atoms with E-state index in [1.165, 1.54) is 18.2 Å². The molecule has 0 bridgehead atoms. The molecule has 0 spiro atoms. The van der Waals surface area contributed by atoms with Gasteiger partial charge in [0, 0.05) is 0 Å². The van der Waals surface area contributed by atoms with E-state index in [2.05, 4.69) is 0 Å². The van der Waals surface area contributed by atoms with Crippen molar-refractivity contribution in [1.29, 1.82) is 5.26 Å². The van der Waals surface area contributed by atoms with Crippen molar-refractivity contribution in [3.63, 3.8) is 0 Å². The quantitative estimate of drug-likeness (QED) is 0.426. The molecule has 0 saturated heterocycles. The maximum atomic E-state index is 14.5. The van der Waals surface area contributed by atoms with Crippen LogP contribution >= 0.6 is 0 Å². The van der Waals surface area contributed by atoms with Crippen LogP contribution in [0.3, 0.4) is 0 Å². The summed E-state index contributed by atoms with van der Waals surface area (Å²) in [5.41, 5.74) is -1.13. The first-order valence-electron chi connectivity index (χ1n) is 8.21. The molecule has 26 heavy (non-hydrogen) atoms. The fourth-order valence-corrected chi connectivity index (χ4v) is 2.62. The third-order valence-electron chi connectivity index (χ3n) is 4.33. The van der Waals surface area contributed by atoms with Gasteiger partial charge in [-0.2, -0.15) is 5.26 Å². The third kappa shape index (κ3) is 3.46. The van der Waals surface area contributed by atoms with Gasteiger partial charge in [-0.25, -0.2) is 17.6 Å². The molecule has 5 heteroatoms. The number of nitriles is 1. The lowest BCUT2D eigenvalue weighted by Crippen LogP contribution is -2.17. The van der Waals surface area contributed by atoms with Gasteiger partial charge in [0.15, 0.2) is 23.3 Å². The van der Waals surface area contributed by atoms with Crippen molar-refractivity contribution in [3.8, 4) is 17.2 Å². The summed E-state index contributed by atoms with van der Waals surface area (Å²) < 4.78 is 57.1. The van der Waals surface area contributed by atoms with E-state index in [9.17, 15) is 17.6 Å². The number of nitrogens with zero attached hydrogens (tertiary/aromatic N) is 1. The second-order valence-corrected chi connectivity index (χ2v) is 8.42. The summed E-state index contributed by atoms with van der Waals surface area (Å²) in [4.78, 5) is 0. The maximum Gasteiger partial charge on any atom is 0.180 e. The molecule has 0 radical (unpaired) electrons. The summed E-state index contributed by atoms with van der Waals surface area (Å²) in [6.07, 6.45) is 0. The van der Waals surface area contributed by atoms with Gasteiger partial charge in [0.25, 0.3) is 0 Å². The normalized spacial score (nSPS) is 12.2. The molecule has 0 atom stereocenters. The summed E-state index contributed by atoms with van der Waals surface area (Å²) in [5, 5.41) is 8.75. The molecular formula is C21H21F4N. The predicted octanol–water partition coefficient (Wildman–Crippen LogP) is 6.38. The molecule has 2 rings (SSSR count). The van der Waals surface area contributed by atoms with Crippen molar-refractivity contribution < 1.29 is 17.6 Å². The Balaban J connectivity index is 2.92. The molecule has 0 N–H and O–H groups in total. The van der Waals surface area contributed by atoms with Crippen molar-refractivity contribution in [2.45, 2.75) is 52.4 Å². The number of rotatable bonds is 1. The Morgan fingerprint density at radius 3 is 1.38 bits per heavy atom. The molecular weight excluding hydrogens is 342 g/mol. The topological polar surface area (TPSA) is 23.8 Å². The molecule has 0 saturated carbocycles. The van der Waals surface area contributed by atoms with Crippen molar-refractivity contribution in [2.24, 2.45) is 0 Å². The largest absolute Gasteiger partial charge is 0.203 e. The van der Waals surface area contributed by atoms with Gasteiger partial charge in [-0.15, -0.1) is 0 Å². The molecule has 0 heterocycles. The lowest BCUT2D eigenvalue weighted by atomic mass is 9.78. The van der Waals surface area contributed by atoms with Gasteiger partial charge in [-0.3, -0.25) is 0 Å². The molecule has 0 aliphatic carbocycles. The monoisotopic (exact) mass is 363 g/mol. The highest BCUT2D eigenvalue weighted by molar-refractivity contribution is 5.69. The van der Waals surface area contributed by atoms with Crippen molar-refractivity contribution in [3.05, 3.63) is 58.2 Å². The van der Waals surface area contributed by atoms with E-state index in [0.717, 1.165) is 11.1 Å². The van der Waals surface area contributed by atoms with Crippen LogP contribution < -0.4 is 0 Å². The Morgan fingerprint density at radius 2 is 1.08 bits per heavy atom. The highest BCUT2D eigenvalue weighted by Gasteiger charge is 2.28. The Kier molecular flexibility index (Phi) is 4.93. The number of halogens is 4. The van der Waals surface area contributed by atoms with E-state index in [1.54, 1.807) is 0 Å². The molecule has 0 unspecified atom stereocenters. The zero-order valence-electron chi connectivity index (χ0n) is 15.7. The smallest absolute Gasteiger partial charge is 0.180 e. The molecule has 138 valence electrons. The van der Waals surface area contributed by atoms with Crippen LogP contribution in [0.5, 0.6) is 0 Å². The number of hydrogen-bond donors (Lipinski definition) is 0. The molecule has 0 fully saturated rings. The van der Waals surface area contributed by atoms with Crippen LogP contribution in [0, 0.1) is 34.6 Å². The van der Waals surface area contributed by atoms with Crippen molar-refractivity contribution >= 4 is 0 Å². The second kappa shape index (κ2) is 6.42. The fraction of sp³-hybridized carbons (Fsp3) is 0.381. The standard InChI is InChI=1S/C21H21F4N/c1-20(2,3)12-7-11(8-13(9-12)21(4,5)6)15-18(24)16(22)14(10-26)17(23)19(15)25/h7-9H,1-6H3. The first-order valence-corrected chi connectivity index (χ1v) is 8.21. The van der Waals surface area contributed by atoms with E-state index in [0.29, 0.717) is 0 Å². The average molecular weight is 363 g/mol. The fourth-order valence-electron chi connectivity index (χ4n) is 2.62. The van der Waals surface area contributed by atoms with Gasteiger partial charge in [-0.05, 0) is 27.5 Å². The summed E-state index contributed by atoms with van der Waals surface area (Å²) in [7, 11) is 0. The minimum absolute atomic E-state index is 0.0413. The van der Waals surface area contributed by atoms with Gasteiger partial charge < -0.3 is 0 Å². The second-order valence-electron chi connectivity index (χ2n) is 8.42. The first kappa shape index (κ1) is 20.0. The van der Waals surface area contributed by atoms with Crippen LogP contribution in [0.1, 0.15) is 58.2 Å².